The zero-order chi connectivity index (χ0) is 22.7. The fraction of sp³-hybridized carbons (Fsp3) is 0.857. The molecule has 31 heavy (non-hydrogen) atoms. The summed E-state index contributed by atoms with van der Waals surface area (Å²) in [6.07, 6.45) is 13.9. The maximum atomic E-state index is 11.6. The summed E-state index contributed by atoms with van der Waals surface area (Å²) in [5.41, 5.74) is 0. The summed E-state index contributed by atoms with van der Waals surface area (Å²) < 4.78 is 31.0. The highest BCUT2D eigenvalue weighted by atomic mass is 31.2. The van der Waals surface area contributed by atoms with E-state index in [1.54, 1.807) is 0 Å². The van der Waals surface area contributed by atoms with E-state index in [4.69, 9.17) is 24.0 Å². The average Bonchev–Trinajstić information content (AvgIpc) is 3.62. The van der Waals surface area contributed by atoms with Gasteiger partial charge >= 0.3 is 13.8 Å². The van der Waals surface area contributed by atoms with Gasteiger partial charge in [-0.1, -0.05) is 44.8 Å². The SMILES string of the molecule is CC/C=C\CC1OC1CC1OC1CCCCCCCC(=O)OCC(O)COP(=O)(O)O. The molecule has 2 aliphatic heterocycles. The van der Waals surface area contributed by atoms with Crippen molar-refractivity contribution in [3.05, 3.63) is 12.2 Å². The van der Waals surface area contributed by atoms with Crippen molar-refractivity contribution >= 4 is 13.8 Å². The molecule has 2 saturated heterocycles. The van der Waals surface area contributed by atoms with Crippen LogP contribution in [0.1, 0.15) is 71.1 Å². The van der Waals surface area contributed by atoms with Gasteiger partial charge in [-0.05, 0) is 25.7 Å². The van der Waals surface area contributed by atoms with Gasteiger partial charge in [0.05, 0.1) is 31.0 Å². The lowest BCUT2D eigenvalue weighted by atomic mass is 10.0. The number of phosphoric ester groups is 1. The Morgan fingerprint density at radius 2 is 1.68 bits per heavy atom. The van der Waals surface area contributed by atoms with Crippen LogP contribution in [0.15, 0.2) is 12.2 Å². The van der Waals surface area contributed by atoms with Crippen LogP contribution in [0.4, 0.5) is 0 Å². The van der Waals surface area contributed by atoms with Crippen LogP contribution in [0.3, 0.4) is 0 Å². The van der Waals surface area contributed by atoms with E-state index in [1.807, 2.05) is 0 Å². The van der Waals surface area contributed by atoms with Gasteiger partial charge in [0.15, 0.2) is 0 Å². The van der Waals surface area contributed by atoms with Crippen molar-refractivity contribution in [2.24, 2.45) is 0 Å². The Morgan fingerprint density at radius 3 is 2.42 bits per heavy atom. The summed E-state index contributed by atoms with van der Waals surface area (Å²) >= 11 is 0. The monoisotopic (exact) mass is 464 g/mol. The Balaban J connectivity index is 1.35. The Labute approximate surface area is 184 Å². The predicted molar refractivity (Wildman–Crippen MR) is 113 cm³/mol. The van der Waals surface area contributed by atoms with Crippen molar-refractivity contribution in [3.63, 3.8) is 0 Å². The predicted octanol–water partition coefficient (Wildman–Crippen LogP) is 3.01. The number of ether oxygens (including phenoxy) is 3. The zero-order valence-electron chi connectivity index (χ0n) is 18.3. The van der Waals surface area contributed by atoms with Gasteiger partial charge in [-0.15, -0.1) is 0 Å². The lowest BCUT2D eigenvalue weighted by Gasteiger charge is -2.12. The van der Waals surface area contributed by atoms with Gasteiger partial charge in [0.2, 0.25) is 0 Å². The molecule has 0 saturated carbocycles. The molecule has 0 spiro atoms. The molecule has 0 aromatic carbocycles. The van der Waals surface area contributed by atoms with E-state index < -0.39 is 26.5 Å². The Hall–Kier alpha value is -0.800. The van der Waals surface area contributed by atoms with Crippen molar-refractivity contribution < 1.29 is 43.0 Å². The first-order valence-corrected chi connectivity index (χ1v) is 12.8. The number of phosphoric acid groups is 1. The van der Waals surface area contributed by atoms with Gasteiger partial charge in [-0.25, -0.2) is 4.57 Å². The van der Waals surface area contributed by atoms with Gasteiger partial charge in [-0.2, -0.15) is 0 Å². The van der Waals surface area contributed by atoms with Crippen LogP contribution < -0.4 is 0 Å². The molecule has 180 valence electrons. The zero-order valence-corrected chi connectivity index (χ0v) is 19.2. The van der Waals surface area contributed by atoms with Crippen LogP contribution in [0.5, 0.6) is 0 Å². The fourth-order valence-electron chi connectivity index (χ4n) is 3.50. The number of aliphatic hydroxyl groups is 1. The summed E-state index contributed by atoms with van der Waals surface area (Å²) in [4.78, 5) is 28.7. The van der Waals surface area contributed by atoms with Crippen molar-refractivity contribution in [3.8, 4) is 0 Å². The van der Waals surface area contributed by atoms with Crippen LogP contribution in [-0.4, -0.2) is 64.6 Å². The smallest absolute Gasteiger partial charge is 0.463 e. The first-order chi connectivity index (χ1) is 14.8. The van der Waals surface area contributed by atoms with Crippen molar-refractivity contribution in [1.82, 2.24) is 0 Å². The standard InChI is InChI=1S/C21H37O9P/c1-2-3-7-10-17-19(29-17)13-20-18(30-20)11-8-5-4-6-9-12-21(23)27-14-16(22)15-28-31(24,25)26/h3,7,16-20,22H,2,4-6,8-15H2,1H3,(H2,24,25,26)/b7-3-. The van der Waals surface area contributed by atoms with Gasteiger partial charge in [-0.3, -0.25) is 9.32 Å². The van der Waals surface area contributed by atoms with Crippen molar-refractivity contribution in [2.45, 2.75) is 102 Å². The van der Waals surface area contributed by atoms with Crippen molar-refractivity contribution in [2.75, 3.05) is 13.2 Å². The maximum Gasteiger partial charge on any atom is 0.469 e. The number of esters is 1. The molecule has 0 aromatic rings. The lowest BCUT2D eigenvalue weighted by molar-refractivity contribution is -0.147. The average molecular weight is 464 g/mol. The number of carbonyl (C=O) groups is 1. The van der Waals surface area contributed by atoms with E-state index in [9.17, 15) is 14.5 Å². The third-order valence-electron chi connectivity index (χ3n) is 5.35. The van der Waals surface area contributed by atoms with Crippen LogP contribution >= 0.6 is 7.82 Å². The second-order valence-corrected chi connectivity index (χ2v) is 9.45. The number of unbranched alkanes of at least 4 members (excludes halogenated alkanes) is 4. The minimum atomic E-state index is -4.63. The molecular formula is C21H37O9P. The number of hydrogen-bond donors (Lipinski definition) is 3. The Morgan fingerprint density at radius 1 is 1.00 bits per heavy atom. The molecule has 0 bridgehead atoms. The Bertz CT molecular complexity index is 606. The topological polar surface area (TPSA) is 138 Å². The highest BCUT2D eigenvalue weighted by Gasteiger charge is 2.47. The first-order valence-electron chi connectivity index (χ1n) is 11.3. The fourth-order valence-corrected chi connectivity index (χ4v) is 3.86. The van der Waals surface area contributed by atoms with Gasteiger partial charge in [0.1, 0.15) is 12.7 Å². The van der Waals surface area contributed by atoms with E-state index in [0.29, 0.717) is 30.8 Å². The van der Waals surface area contributed by atoms with E-state index in [1.165, 1.54) is 0 Å². The second kappa shape index (κ2) is 13.7. The van der Waals surface area contributed by atoms with Crippen LogP contribution in [0, 0.1) is 0 Å². The Kier molecular flexibility index (Phi) is 11.7. The van der Waals surface area contributed by atoms with E-state index in [0.717, 1.165) is 51.4 Å². The summed E-state index contributed by atoms with van der Waals surface area (Å²) in [6.45, 7) is 1.20. The normalized spacial score (nSPS) is 26.2. The lowest BCUT2D eigenvalue weighted by Crippen LogP contribution is -2.23. The second-order valence-electron chi connectivity index (χ2n) is 8.21. The minimum Gasteiger partial charge on any atom is -0.463 e. The van der Waals surface area contributed by atoms with Gasteiger partial charge in [0, 0.05) is 12.8 Å². The number of allylic oxidation sites excluding steroid dienone is 1. The highest BCUT2D eigenvalue weighted by molar-refractivity contribution is 7.46. The van der Waals surface area contributed by atoms with Gasteiger partial charge in [0.25, 0.3) is 0 Å². The molecule has 5 atom stereocenters. The third kappa shape index (κ3) is 12.7. The van der Waals surface area contributed by atoms with Crippen LogP contribution in [0.25, 0.3) is 0 Å². The number of epoxide rings is 2. The third-order valence-corrected chi connectivity index (χ3v) is 5.84. The molecule has 2 heterocycles. The largest absolute Gasteiger partial charge is 0.469 e. The molecule has 0 amide bonds. The van der Waals surface area contributed by atoms with E-state index >= 15 is 0 Å². The van der Waals surface area contributed by atoms with Crippen LogP contribution in [-0.2, 0) is 28.1 Å². The molecular weight excluding hydrogens is 427 g/mol. The summed E-state index contributed by atoms with van der Waals surface area (Å²) in [5, 5.41) is 9.44. The highest BCUT2D eigenvalue weighted by Crippen LogP contribution is 2.38. The first kappa shape index (κ1) is 26.5. The summed E-state index contributed by atoms with van der Waals surface area (Å²) in [5.74, 6) is -0.435. The summed E-state index contributed by atoms with van der Waals surface area (Å²) in [7, 11) is -4.63. The number of carbonyl (C=O) groups excluding carboxylic acids is 1. The maximum absolute atomic E-state index is 11.6. The number of rotatable bonds is 18. The molecule has 10 heteroatoms. The molecule has 9 nitrogen and oxygen atoms in total. The molecule has 2 rings (SSSR count). The molecule has 0 radical (unpaired) electrons. The molecule has 0 aliphatic carbocycles. The number of hydrogen-bond acceptors (Lipinski definition) is 7. The molecule has 0 aromatic heterocycles. The van der Waals surface area contributed by atoms with Gasteiger partial charge < -0.3 is 29.1 Å². The minimum absolute atomic E-state index is 0.260. The molecule has 3 N–H and O–H groups in total. The van der Waals surface area contributed by atoms with Crippen molar-refractivity contribution in [1.29, 1.82) is 0 Å². The molecule has 2 fully saturated rings. The quantitative estimate of drug-likeness (QED) is 0.0918. The van der Waals surface area contributed by atoms with Crippen LogP contribution in [0.2, 0.25) is 0 Å². The summed E-state index contributed by atoms with van der Waals surface area (Å²) in [6, 6.07) is 0. The number of aliphatic hydroxyl groups excluding tert-OH is 1. The van der Waals surface area contributed by atoms with E-state index in [2.05, 4.69) is 23.6 Å². The molecule has 2 aliphatic rings. The van der Waals surface area contributed by atoms with E-state index in [-0.39, 0.29) is 13.0 Å². The molecule has 5 unspecified atom stereocenters.